The first-order valence-electron chi connectivity index (χ1n) is 10.1. The van der Waals surface area contributed by atoms with Gasteiger partial charge in [0, 0.05) is 36.5 Å². The van der Waals surface area contributed by atoms with Crippen LogP contribution in [0.1, 0.15) is 29.4 Å². The Hall–Kier alpha value is -3.83. The van der Waals surface area contributed by atoms with Crippen LogP contribution >= 0.6 is 0 Å². The van der Waals surface area contributed by atoms with Crippen molar-refractivity contribution in [1.82, 2.24) is 14.9 Å². The minimum atomic E-state index is -1.72. The van der Waals surface area contributed by atoms with E-state index in [4.69, 9.17) is 4.74 Å². The molecule has 1 aliphatic rings. The minimum absolute atomic E-state index is 0.00550. The van der Waals surface area contributed by atoms with E-state index in [1.807, 2.05) is 0 Å². The zero-order valence-electron chi connectivity index (χ0n) is 17.6. The molecule has 1 aliphatic heterocycles. The summed E-state index contributed by atoms with van der Waals surface area (Å²) in [4.78, 5) is 34.6. The van der Waals surface area contributed by atoms with Crippen LogP contribution in [0.3, 0.4) is 0 Å². The molecule has 2 heterocycles. The van der Waals surface area contributed by atoms with Gasteiger partial charge in [-0.1, -0.05) is 36.1 Å². The first kappa shape index (κ1) is 21.4. The van der Waals surface area contributed by atoms with Gasteiger partial charge in [-0.3, -0.25) is 4.79 Å². The van der Waals surface area contributed by atoms with E-state index in [1.54, 1.807) is 44.3 Å². The Morgan fingerprint density at radius 1 is 1.28 bits per heavy atom. The van der Waals surface area contributed by atoms with E-state index in [1.165, 1.54) is 17.0 Å². The molecule has 7 nitrogen and oxygen atoms in total. The Balaban J connectivity index is 1.78. The van der Waals surface area contributed by atoms with E-state index in [0.717, 1.165) is 0 Å². The highest BCUT2D eigenvalue weighted by atomic mass is 19.1. The molecule has 0 bridgehead atoms. The van der Waals surface area contributed by atoms with Gasteiger partial charge in [0.25, 0.3) is 5.91 Å². The van der Waals surface area contributed by atoms with Crippen molar-refractivity contribution in [3.05, 3.63) is 59.5 Å². The van der Waals surface area contributed by atoms with Crippen molar-refractivity contribution in [1.29, 1.82) is 0 Å². The number of benzene rings is 2. The third-order valence-electron chi connectivity index (χ3n) is 5.19. The lowest BCUT2D eigenvalue weighted by Crippen LogP contribution is -2.37. The van der Waals surface area contributed by atoms with Gasteiger partial charge in [-0.2, -0.15) is 0 Å². The zero-order valence-corrected chi connectivity index (χ0v) is 17.6. The van der Waals surface area contributed by atoms with Gasteiger partial charge in [-0.05, 0) is 25.1 Å². The fraction of sp³-hybridized carbons (Fsp3) is 0.250. The number of aromatic nitrogens is 2. The number of aliphatic hydroxyl groups is 1. The summed E-state index contributed by atoms with van der Waals surface area (Å²) in [7, 11) is 1.61. The van der Waals surface area contributed by atoms with Crippen LogP contribution in [0, 0.1) is 17.7 Å². The number of carbonyl (C=O) groups excluding carboxylic acids is 2. The van der Waals surface area contributed by atoms with Gasteiger partial charge in [-0.15, -0.1) is 0 Å². The molecule has 1 amide bonds. The summed E-state index contributed by atoms with van der Waals surface area (Å²) in [6.45, 7) is 2.25. The lowest BCUT2D eigenvalue weighted by Gasteiger charge is -2.13. The highest BCUT2D eigenvalue weighted by Crippen LogP contribution is 2.25. The van der Waals surface area contributed by atoms with E-state index in [-0.39, 0.29) is 35.4 Å². The SMILES string of the molecule is CCOC(=O)c1nc(-c2cccc(C#C[C@]3(O)CCN(C)C3=O)c2)nc2c(F)cccc12. The van der Waals surface area contributed by atoms with Crippen LogP contribution in [0.15, 0.2) is 42.5 Å². The van der Waals surface area contributed by atoms with E-state index in [9.17, 15) is 19.1 Å². The van der Waals surface area contributed by atoms with Crippen molar-refractivity contribution < 1.29 is 23.8 Å². The van der Waals surface area contributed by atoms with Crippen LogP contribution in [-0.2, 0) is 9.53 Å². The number of hydrogen-bond donors (Lipinski definition) is 1. The molecule has 3 aromatic rings. The summed E-state index contributed by atoms with van der Waals surface area (Å²) < 4.78 is 19.5. The predicted octanol–water partition coefficient (Wildman–Crippen LogP) is 2.56. The van der Waals surface area contributed by atoms with Gasteiger partial charge in [0.1, 0.15) is 11.3 Å². The molecule has 162 valence electrons. The second-order valence-corrected chi connectivity index (χ2v) is 7.42. The molecule has 0 unspecified atom stereocenters. The monoisotopic (exact) mass is 433 g/mol. The molecule has 8 heteroatoms. The largest absolute Gasteiger partial charge is 0.461 e. The predicted molar refractivity (Wildman–Crippen MR) is 115 cm³/mol. The number of amides is 1. The van der Waals surface area contributed by atoms with E-state index < -0.39 is 23.3 Å². The van der Waals surface area contributed by atoms with Crippen molar-refractivity contribution in [2.45, 2.75) is 18.9 Å². The highest BCUT2D eigenvalue weighted by Gasteiger charge is 2.42. The number of likely N-dealkylation sites (tertiary alicyclic amines) is 1. The molecule has 1 saturated heterocycles. The summed E-state index contributed by atoms with van der Waals surface area (Å²) >= 11 is 0. The molecule has 0 saturated carbocycles. The van der Waals surface area contributed by atoms with Crippen molar-refractivity contribution in [2.24, 2.45) is 0 Å². The van der Waals surface area contributed by atoms with Crippen LogP contribution in [0.4, 0.5) is 4.39 Å². The van der Waals surface area contributed by atoms with Crippen molar-refractivity contribution >= 4 is 22.8 Å². The fourth-order valence-corrected chi connectivity index (χ4v) is 3.48. The number of fused-ring (bicyclic) bond motifs is 1. The second kappa shape index (κ2) is 8.36. The summed E-state index contributed by atoms with van der Waals surface area (Å²) in [5.74, 6) is 3.92. The van der Waals surface area contributed by atoms with Crippen molar-refractivity contribution in [3.63, 3.8) is 0 Å². The number of likely N-dealkylation sites (N-methyl/N-ethyl adjacent to an activating group) is 1. The van der Waals surface area contributed by atoms with E-state index in [2.05, 4.69) is 21.8 Å². The number of carbonyl (C=O) groups is 2. The second-order valence-electron chi connectivity index (χ2n) is 7.42. The number of para-hydroxylation sites is 1. The molecule has 0 aliphatic carbocycles. The van der Waals surface area contributed by atoms with Gasteiger partial charge in [0.15, 0.2) is 11.5 Å². The Morgan fingerprint density at radius 2 is 2.06 bits per heavy atom. The molecular formula is C24H20FN3O4. The first-order valence-corrected chi connectivity index (χ1v) is 10.1. The smallest absolute Gasteiger partial charge is 0.357 e. The van der Waals surface area contributed by atoms with Gasteiger partial charge in [0.05, 0.1) is 6.61 Å². The summed E-state index contributed by atoms with van der Waals surface area (Å²) in [6.07, 6.45) is 0.227. The Kier molecular flexibility index (Phi) is 5.59. The van der Waals surface area contributed by atoms with E-state index in [0.29, 0.717) is 17.7 Å². The number of halogens is 1. The van der Waals surface area contributed by atoms with Crippen LogP contribution < -0.4 is 0 Å². The molecule has 0 spiro atoms. The number of rotatable bonds is 3. The van der Waals surface area contributed by atoms with Gasteiger partial charge < -0.3 is 14.7 Å². The average Bonchev–Trinajstić information content (AvgIpc) is 3.05. The molecular weight excluding hydrogens is 413 g/mol. The summed E-state index contributed by atoms with van der Waals surface area (Å²) in [6, 6.07) is 11.1. The zero-order chi connectivity index (χ0) is 22.9. The highest BCUT2D eigenvalue weighted by molar-refractivity contribution is 6.02. The molecule has 1 aromatic heterocycles. The maximum Gasteiger partial charge on any atom is 0.357 e. The van der Waals surface area contributed by atoms with Crippen LogP contribution in [0.5, 0.6) is 0 Å². The summed E-state index contributed by atoms with van der Waals surface area (Å²) in [5.41, 5.74) is -0.741. The van der Waals surface area contributed by atoms with Gasteiger partial charge in [0.2, 0.25) is 5.60 Å². The molecule has 1 atom stereocenters. The number of ether oxygens (including phenoxy) is 1. The molecule has 0 radical (unpaired) electrons. The third-order valence-corrected chi connectivity index (χ3v) is 5.19. The molecule has 1 N–H and O–H groups in total. The number of nitrogens with zero attached hydrogens (tertiary/aromatic N) is 3. The molecule has 2 aromatic carbocycles. The minimum Gasteiger partial charge on any atom is -0.461 e. The molecule has 4 rings (SSSR count). The lowest BCUT2D eigenvalue weighted by molar-refractivity contribution is -0.137. The van der Waals surface area contributed by atoms with Crippen molar-refractivity contribution in [2.75, 3.05) is 20.2 Å². The Bertz CT molecular complexity index is 1300. The lowest BCUT2D eigenvalue weighted by atomic mass is 10.0. The Morgan fingerprint density at radius 3 is 2.78 bits per heavy atom. The average molecular weight is 433 g/mol. The third kappa shape index (κ3) is 3.90. The fourth-order valence-electron chi connectivity index (χ4n) is 3.48. The van der Waals surface area contributed by atoms with Crippen LogP contribution in [0.2, 0.25) is 0 Å². The quantitative estimate of drug-likeness (QED) is 0.504. The standard InChI is InChI=1S/C24H20FN3O4/c1-3-32-22(29)20-17-8-5-9-18(25)19(17)26-21(27-20)16-7-4-6-15(14-16)10-11-24(31)12-13-28(2)23(24)30/h4-9,14,31H,3,12-13H2,1-2H3/t24-/m0/s1. The topological polar surface area (TPSA) is 92.6 Å². The van der Waals surface area contributed by atoms with E-state index >= 15 is 0 Å². The number of esters is 1. The maximum absolute atomic E-state index is 14.5. The van der Waals surface area contributed by atoms with Crippen molar-refractivity contribution in [3.8, 4) is 23.2 Å². The molecule has 32 heavy (non-hydrogen) atoms. The Labute approximate surface area is 183 Å². The van der Waals surface area contributed by atoms with Crippen LogP contribution in [0.25, 0.3) is 22.3 Å². The maximum atomic E-state index is 14.5. The molecule has 1 fully saturated rings. The normalized spacial score (nSPS) is 17.9. The van der Waals surface area contributed by atoms with Gasteiger partial charge in [-0.25, -0.2) is 19.2 Å². The number of hydrogen-bond acceptors (Lipinski definition) is 6. The summed E-state index contributed by atoms with van der Waals surface area (Å²) in [5, 5.41) is 10.8. The van der Waals surface area contributed by atoms with Crippen LogP contribution in [-0.4, -0.2) is 57.7 Å². The first-order chi connectivity index (χ1) is 15.3. The van der Waals surface area contributed by atoms with Gasteiger partial charge >= 0.3 is 5.97 Å².